The summed E-state index contributed by atoms with van der Waals surface area (Å²) < 4.78 is 20.2. The van der Waals surface area contributed by atoms with Gasteiger partial charge in [-0.2, -0.15) is 4.39 Å². The number of aryl methyl sites for hydroxylation is 3. The van der Waals surface area contributed by atoms with E-state index >= 15 is 0 Å². The molecule has 0 amide bonds. The van der Waals surface area contributed by atoms with Crippen LogP contribution in [0.5, 0.6) is 0 Å². The molecule has 6 nitrogen and oxygen atoms in total. The van der Waals surface area contributed by atoms with E-state index in [0.717, 1.165) is 66.4 Å². The molecule has 0 spiro atoms. The number of aromatic amines is 1. The van der Waals surface area contributed by atoms with E-state index in [1.807, 2.05) is 43.7 Å². The lowest BCUT2D eigenvalue weighted by Crippen LogP contribution is -2.36. The summed E-state index contributed by atoms with van der Waals surface area (Å²) in [5, 5.41) is 1.03. The second kappa shape index (κ2) is 9.04. The maximum atomic E-state index is 14.8. The first-order chi connectivity index (χ1) is 15.7. The fraction of sp³-hybridized carbons (Fsp3) is 0.320. The Morgan fingerprint density at radius 2 is 1.94 bits per heavy atom. The monoisotopic (exact) mass is 431 g/mol. The zero-order chi connectivity index (χ0) is 21.9. The fourth-order valence-electron chi connectivity index (χ4n) is 4.14. The van der Waals surface area contributed by atoms with Crippen LogP contribution in [0.3, 0.4) is 0 Å². The lowest BCUT2D eigenvalue weighted by Gasteiger charge is -2.28. The second-order valence-corrected chi connectivity index (χ2v) is 8.27. The zero-order valence-corrected chi connectivity index (χ0v) is 18.1. The third-order valence-electron chi connectivity index (χ3n) is 5.93. The van der Waals surface area contributed by atoms with Crippen molar-refractivity contribution in [1.82, 2.24) is 19.9 Å². The average molecular weight is 432 g/mol. The first-order valence-corrected chi connectivity index (χ1v) is 11.0. The van der Waals surface area contributed by atoms with Gasteiger partial charge in [-0.15, -0.1) is 0 Å². The third kappa shape index (κ3) is 4.48. The van der Waals surface area contributed by atoms with Crippen LogP contribution in [0.4, 0.5) is 10.2 Å². The molecule has 5 rings (SSSR count). The number of pyridine rings is 3. The molecule has 5 heterocycles. The quantitative estimate of drug-likeness (QED) is 0.467. The van der Waals surface area contributed by atoms with Gasteiger partial charge in [-0.1, -0.05) is 6.07 Å². The molecule has 1 N–H and O–H groups in total. The molecule has 7 heteroatoms. The van der Waals surface area contributed by atoms with E-state index in [2.05, 4.69) is 37.0 Å². The van der Waals surface area contributed by atoms with Crippen LogP contribution in [0.1, 0.15) is 27.9 Å². The SMILES string of the molecule is Cc1cnc2[nH]cc(Cc3ccc(CCc4ccnc(N5CCOCC5)c4)nc3F)c2c1. The lowest BCUT2D eigenvalue weighted by atomic mass is 10.0. The standard InChI is InChI=1S/C25H26FN5O/c1-17-12-22-20(16-29-25(22)28-15-17)14-19-3-5-21(30-24(19)26)4-2-18-6-7-27-23(13-18)31-8-10-32-11-9-31/h3,5-7,12-13,15-16H,2,4,8-11,14H2,1H3,(H,28,29). The van der Waals surface area contributed by atoms with E-state index in [0.29, 0.717) is 18.4 Å². The molecule has 4 aromatic rings. The van der Waals surface area contributed by atoms with Crippen LogP contribution in [0, 0.1) is 12.9 Å². The fourth-order valence-corrected chi connectivity index (χ4v) is 4.14. The number of anilines is 1. The molecule has 0 saturated carbocycles. The summed E-state index contributed by atoms with van der Waals surface area (Å²) >= 11 is 0. The number of morpholine rings is 1. The summed E-state index contributed by atoms with van der Waals surface area (Å²) in [5.74, 6) is 0.574. The van der Waals surface area contributed by atoms with E-state index in [-0.39, 0.29) is 0 Å². The number of rotatable bonds is 6. The molecule has 0 radical (unpaired) electrons. The molecule has 1 aliphatic rings. The molecule has 1 aliphatic heterocycles. The van der Waals surface area contributed by atoms with Gasteiger partial charge in [0.2, 0.25) is 5.95 Å². The summed E-state index contributed by atoms with van der Waals surface area (Å²) in [6, 6.07) is 9.99. The smallest absolute Gasteiger partial charge is 0.216 e. The van der Waals surface area contributed by atoms with Gasteiger partial charge in [0, 0.05) is 54.7 Å². The molecule has 1 fully saturated rings. The molecule has 32 heavy (non-hydrogen) atoms. The second-order valence-electron chi connectivity index (χ2n) is 8.27. The molecule has 164 valence electrons. The Bertz CT molecular complexity index is 1230. The molecular weight excluding hydrogens is 405 g/mol. The molecular formula is C25H26FN5O. The summed E-state index contributed by atoms with van der Waals surface area (Å²) in [6.07, 6.45) is 7.53. The van der Waals surface area contributed by atoms with Crippen molar-refractivity contribution in [3.05, 3.63) is 82.8 Å². The van der Waals surface area contributed by atoms with Crippen LogP contribution in [0.15, 0.2) is 48.9 Å². The number of fused-ring (bicyclic) bond motifs is 1. The topological polar surface area (TPSA) is 66.9 Å². The predicted octanol–water partition coefficient (Wildman–Crippen LogP) is 4.01. The largest absolute Gasteiger partial charge is 0.378 e. The van der Waals surface area contributed by atoms with Crippen molar-refractivity contribution in [3.63, 3.8) is 0 Å². The van der Waals surface area contributed by atoms with Gasteiger partial charge in [0.15, 0.2) is 0 Å². The van der Waals surface area contributed by atoms with Gasteiger partial charge >= 0.3 is 0 Å². The van der Waals surface area contributed by atoms with Crippen molar-refractivity contribution < 1.29 is 9.13 Å². The normalized spacial score (nSPS) is 14.2. The number of halogens is 1. The van der Waals surface area contributed by atoms with Gasteiger partial charge < -0.3 is 14.6 Å². The highest BCUT2D eigenvalue weighted by Crippen LogP contribution is 2.22. The number of hydrogen-bond donors (Lipinski definition) is 1. The zero-order valence-electron chi connectivity index (χ0n) is 18.1. The van der Waals surface area contributed by atoms with Crippen LogP contribution >= 0.6 is 0 Å². The van der Waals surface area contributed by atoms with Crippen molar-refractivity contribution in [2.24, 2.45) is 0 Å². The van der Waals surface area contributed by atoms with Crippen molar-refractivity contribution in [1.29, 1.82) is 0 Å². The van der Waals surface area contributed by atoms with Crippen LogP contribution in [-0.4, -0.2) is 46.2 Å². The molecule has 1 saturated heterocycles. The highest BCUT2D eigenvalue weighted by atomic mass is 19.1. The Labute approximate surface area is 186 Å². The van der Waals surface area contributed by atoms with Crippen LogP contribution in [-0.2, 0) is 24.0 Å². The first-order valence-electron chi connectivity index (χ1n) is 11.0. The summed E-state index contributed by atoms with van der Waals surface area (Å²) in [5.41, 5.74) is 5.46. The van der Waals surface area contributed by atoms with Gasteiger partial charge in [-0.25, -0.2) is 15.0 Å². The molecule has 0 aromatic carbocycles. The number of nitrogens with zero attached hydrogens (tertiary/aromatic N) is 4. The highest BCUT2D eigenvalue weighted by molar-refractivity contribution is 5.80. The Morgan fingerprint density at radius 3 is 2.78 bits per heavy atom. The minimum absolute atomic E-state index is 0.402. The summed E-state index contributed by atoms with van der Waals surface area (Å²) in [6.45, 7) is 5.19. The molecule has 0 atom stereocenters. The van der Waals surface area contributed by atoms with Crippen molar-refractivity contribution in [2.45, 2.75) is 26.2 Å². The van der Waals surface area contributed by atoms with E-state index in [1.165, 1.54) is 5.56 Å². The predicted molar refractivity (Wildman–Crippen MR) is 123 cm³/mol. The van der Waals surface area contributed by atoms with Crippen molar-refractivity contribution >= 4 is 16.9 Å². The maximum Gasteiger partial charge on any atom is 0.216 e. The van der Waals surface area contributed by atoms with E-state index in [1.54, 1.807) is 0 Å². The van der Waals surface area contributed by atoms with Crippen LogP contribution in [0.2, 0.25) is 0 Å². The lowest BCUT2D eigenvalue weighted by molar-refractivity contribution is 0.122. The van der Waals surface area contributed by atoms with Crippen LogP contribution in [0.25, 0.3) is 11.0 Å². The van der Waals surface area contributed by atoms with Crippen molar-refractivity contribution in [3.8, 4) is 0 Å². The number of nitrogens with one attached hydrogen (secondary N) is 1. The highest BCUT2D eigenvalue weighted by Gasteiger charge is 2.14. The van der Waals surface area contributed by atoms with Crippen LogP contribution < -0.4 is 4.90 Å². The number of H-pyrrole nitrogens is 1. The van der Waals surface area contributed by atoms with Gasteiger partial charge in [0.1, 0.15) is 11.5 Å². The molecule has 0 aliphatic carbocycles. The molecule has 4 aromatic heterocycles. The Balaban J connectivity index is 1.26. The van der Waals surface area contributed by atoms with Gasteiger partial charge in [0.25, 0.3) is 0 Å². The van der Waals surface area contributed by atoms with E-state index < -0.39 is 5.95 Å². The Kier molecular flexibility index (Phi) is 5.81. The third-order valence-corrected chi connectivity index (χ3v) is 5.93. The maximum absolute atomic E-state index is 14.8. The summed E-state index contributed by atoms with van der Waals surface area (Å²) in [7, 11) is 0. The van der Waals surface area contributed by atoms with E-state index in [9.17, 15) is 4.39 Å². The van der Waals surface area contributed by atoms with Gasteiger partial charge in [-0.05, 0) is 60.7 Å². The molecule has 0 unspecified atom stereocenters. The Morgan fingerprint density at radius 1 is 1.06 bits per heavy atom. The minimum Gasteiger partial charge on any atom is -0.378 e. The summed E-state index contributed by atoms with van der Waals surface area (Å²) in [4.78, 5) is 18.5. The Hall–Kier alpha value is -3.32. The average Bonchev–Trinajstić information content (AvgIpc) is 3.22. The number of ether oxygens (including phenoxy) is 1. The minimum atomic E-state index is -0.402. The number of hydrogen-bond acceptors (Lipinski definition) is 5. The van der Waals surface area contributed by atoms with Gasteiger partial charge in [-0.3, -0.25) is 0 Å². The van der Waals surface area contributed by atoms with Crippen molar-refractivity contribution in [2.75, 3.05) is 31.2 Å². The molecule has 0 bridgehead atoms. The van der Waals surface area contributed by atoms with E-state index in [4.69, 9.17) is 4.74 Å². The van der Waals surface area contributed by atoms with Gasteiger partial charge in [0.05, 0.1) is 13.2 Å². The number of aromatic nitrogens is 4. The first kappa shape index (κ1) is 20.6.